The molecule has 1 nitrogen and oxygen atoms in total. The van der Waals surface area contributed by atoms with Gasteiger partial charge in [-0.1, -0.05) is 52.3 Å². The first-order valence-corrected chi connectivity index (χ1v) is 6.68. The van der Waals surface area contributed by atoms with Gasteiger partial charge in [-0.3, -0.25) is 0 Å². The maximum Gasteiger partial charge on any atom is 0.0363 e. The molecule has 1 heterocycles. The Morgan fingerprint density at radius 2 is 1.82 bits per heavy atom. The van der Waals surface area contributed by atoms with Crippen LogP contribution in [0.2, 0.25) is 0 Å². The van der Waals surface area contributed by atoms with E-state index in [1.807, 2.05) is 0 Å². The molecule has 0 saturated heterocycles. The lowest BCUT2D eigenvalue weighted by Crippen LogP contribution is -2.28. The van der Waals surface area contributed by atoms with Gasteiger partial charge in [0.2, 0.25) is 0 Å². The predicted molar refractivity (Wildman–Crippen MR) is 73.9 cm³/mol. The molecule has 3 rings (SSSR count). The van der Waals surface area contributed by atoms with Crippen molar-refractivity contribution in [3.63, 3.8) is 0 Å². The highest BCUT2D eigenvalue weighted by atomic mass is 79.9. The Kier molecular flexibility index (Phi) is 3.00. The van der Waals surface area contributed by atoms with E-state index in [0.29, 0.717) is 6.04 Å². The molecular formula is C15H14BrN. The standard InChI is InChI=1S/C15H14BrN/c16-14-7-6-12-9-15(17-10-13(12)8-14)11-4-2-1-3-5-11/h1-8,15,17H,9-10H2. The van der Waals surface area contributed by atoms with Crippen molar-refractivity contribution in [3.8, 4) is 0 Å². The minimum atomic E-state index is 0.449. The normalized spacial score (nSPS) is 18.8. The van der Waals surface area contributed by atoms with E-state index in [1.54, 1.807) is 0 Å². The predicted octanol–water partition coefficient (Wildman–Crippen LogP) is 3.84. The third-order valence-electron chi connectivity index (χ3n) is 3.33. The average Bonchev–Trinajstić information content (AvgIpc) is 2.39. The van der Waals surface area contributed by atoms with Crippen LogP contribution in [-0.2, 0) is 13.0 Å². The van der Waals surface area contributed by atoms with Gasteiger partial charge < -0.3 is 5.32 Å². The van der Waals surface area contributed by atoms with Gasteiger partial charge in [-0.2, -0.15) is 0 Å². The second kappa shape index (κ2) is 4.63. The smallest absolute Gasteiger partial charge is 0.0363 e. The highest BCUT2D eigenvalue weighted by Gasteiger charge is 2.18. The maximum absolute atomic E-state index is 3.60. The van der Waals surface area contributed by atoms with Crippen molar-refractivity contribution in [2.75, 3.05) is 0 Å². The largest absolute Gasteiger partial charge is 0.306 e. The van der Waals surface area contributed by atoms with E-state index in [1.165, 1.54) is 16.7 Å². The monoisotopic (exact) mass is 287 g/mol. The molecule has 2 aromatic carbocycles. The van der Waals surface area contributed by atoms with E-state index < -0.39 is 0 Å². The zero-order valence-corrected chi connectivity index (χ0v) is 11.1. The Hall–Kier alpha value is -1.12. The number of nitrogens with one attached hydrogen (secondary N) is 1. The molecule has 0 aromatic heterocycles. The van der Waals surface area contributed by atoms with E-state index in [4.69, 9.17) is 0 Å². The summed E-state index contributed by atoms with van der Waals surface area (Å²) < 4.78 is 1.16. The van der Waals surface area contributed by atoms with E-state index in [-0.39, 0.29) is 0 Å². The quantitative estimate of drug-likeness (QED) is 0.840. The second-order valence-electron chi connectivity index (χ2n) is 4.46. The van der Waals surface area contributed by atoms with E-state index in [2.05, 4.69) is 69.8 Å². The number of benzene rings is 2. The van der Waals surface area contributed by atoms with Crippen molar-refractivity contribution in [1.29, 1.82) is 0 Å². The Labute approximate surface area is 110 Å². The molecule has 0 spiro atoms. The van der Waals surface area contributed by atoms with Crippen LogP contribution >= 0.6 is 15.9 Å². The summed E-state index contributed by atoms with van der Waals surface area (Å²) in [6.45, 7) is 0.953. The molecule has 17 heavy (non-hydrogen) atoms. The summed E-state index contributed by atoms with van der Waals surface area (Å²) >= 11 is 3.52. The van der Waals surface area contributed by atoms with Crippen LogP contribution in [0.4, 0.5) is 0 Å². The molecule has 2 aromatic rings. The molecule has 0 aliphatic carbocycles. The van der Waals surface area contributed by atoms with E-state index >= 15 is 0 Å². The van der Waals surface area contributed by atoms with Crippen molar-refractivity contribution >= 4 is 15.9 Å². The number of halogens is 1. The molecule has 0 saturated carbocycles. The van der Waals surface area contributed by atoms with Gasteiger partial charge in [0.15, 0.2) is 0 Å². The van der Waals surface area contributed by atoms with Crippen LogP contribution in [0, 0.1) is 0 Å². The summed E-state index contributed by atoms with van der Waals surface area (Å²) in [5, 5.41) is 3.60. The van der Waals surface area contributed by atoms with Gasteiger partial charge in [0, 0.05) is 17.1 Å². The summed E-state index contributed by atoms with van der Waals surface area (Å²) in [6.07, 6.45) is 1.08. The van der Waals surface area contributed by atoms with E-state index in [9.17, 15) is 0 Å². The third-order valence-corrected chi connectivity index (χ3v) is 3.83. The molecular weight excluding hydrogens is 274 g/mol. The highest BCUT2D eigenvalue weighted by molar-refractivity contribution is 9.10. The lowest BCUT2D eigenvalue weighted by molar-refractivity contribution is 0.499. The summed E-state index contributed by atoms with van der Waals surface area (Å²) in [5.74, 6) is 0. The Morgan fingerprint density at radius 3 is 2.65 bits per heavy atom. The molecule has 1 atom stereocenters. The highest BCUT2D eigenvalue weighted by Crippen LogP contribution is 2.27. The fourth-order valence-corrected chi connectivity index (χ4v) is 2.81. The number of hydrogen-bond acceptors (Lipinski definition) is 1. The molecule has 0 fully saturated rings. The minimum Gasteiger partial charge on any atom is -0.306 e. The topological polar surface area (TPSA) is 12.0 Å². The molecule has 1 aliphatic heterocycles. The lowest BCUT2D eigenvalue weighted by Gasteiger charge is -2.26. The summed E-state index contributed by atoms with van der Waals surface area (Å²) in [4.78, 5) is 0. The molecule has 86 valence electrons. The second-order valence-corrected chi connectivity index (χ2v) is 5.38. The van der Waals surface area contributed by atoms with Crippen LogP contribution in [0.5, 0.6) is 0 Å². The fourth-order valence-electron chi connectivity index (χ4n) is 2.40. The van der Waals surface area contributed by atoms with Gasteiger partial charge in [0.1, 0.15) is 0 Å². The van der Waals surface area contributed by atoms with Crippen LogP contribution in [0.25, 0.3) is 0 Å². The minimum absolute atomic E-state index is 0.449. The molecule has 0 bridgehead atoms. The van der Waals surface area contributed by atoms with Crippen molar-refractivity contribution in [2.45, 2.75) is 19.0 Å². The van der Waals surface area contributed by atoms with Crippen LogP contribution in [-0.4, -0.2) is 0 Å². The first kappa shape index (κ1) is 11.0. The van der Waals surface area contributed by atoms with Gasteiger partial charge in [0.25, 0.3) is 0 Å². The Bertz CT molecular complexity index is 522. The summed E-state index contributed by atoms with van der Waals surface area (Å²) in [6, 6.07) is 17.7. The molecule has 2 heteroatoms. The van der Waals surface area contributed by atoms with Crippen LogP contribution in [0.3, 0.4) is 0 Å². The molecule has 1 aliphatic rings. The van der Waals surface area contributed by atoms with E-state index in [0.717, 1.165) is 17.4 Å². The maximum atomic E-state index is 3.60. The third kappa shape index (κ3) is 2.28. The first-order valence-electron chi connectivity index (χ1n) is 5.88. The fraction of sp³-hybridized carbons (Fsp3) is 0.200. The number of rotatable bonds is 1. The van der Waals surface area contributed by atoms with Gasteiger partial charge in [-0.15, -0.1) is 0 Å². The SMILES string of the molecule is Brc1ccc2c(c1)CNC(c1ccccc1)C2. The Balaban J connectivity index is 1.88. The van der Waals surface area contributed by atoms with Crippen molar-refractivity contribution in [2.24, 2.45) is 0 Å². The zero-order chi connectivity index (χ0) is 11.7. The zero-order valence-electron chi connectivity index (χ0n) is 9.49. The molecule has 0 amide bonds. The van der Waals surface area contributed by atoms with Crippen molar-refractivity contribution in [3.05, 3.63) is 69.7 Å². The first-order chi connectivity index (χ1) is 8.33. The molecule has 1 N–H and O–H groups in total. The number of fused-ring (bicyclic) bond motifs is 1. The average molecular weight is 288 g/mol. The van der Waals surface area contributed by atoms with Gasteiger partial charge >= 0.3 is 0 Å². The number of hydrogen-bond donors (Lipinski definition) is 1. The van der Waals surface area contributed by atoms with Crippen LogP contribution in [0.15, 0.2) is 53.0 Å². The van der Waals surface area contributed by atoms with Crippen LogP contribution < -0.4 is 5.32 Å². The lowest BCUT2D eigenvalue weighted by atomic mass is 9.92. The Morgan fingerprint density at radius 1 is 1.00 bits per heavy atom. The van der Waals surface area contributed by atoms with Gasteiger partial charge in [-0.05, 0) is 35.2 Å². The molecule has 1 unspecified atom stereocenters. The van der Waals surface area contributed by atoms with Crippen molar-refractivity contribution < 1.29 is 0 Å². The molecule has 0 radical (unpaired) electrons. The van der Waals surface area contributed by atoms with Crippen LogP contribution in [0.1, 0.15) is 22.7 Å². The van der Waals surface area contributed by atoms with Gasteiger partial charge in [0.05, 0.1) is 0 Å². The van der Waals surface area contributed by atoms with Crippen molar-refractivity contribution in [1.82, 2.24) is 5.32 Å². The van der Waals surface area contributed by atoms with Gasteiger partial charge in [-0.25, -0.2) is 0 Å². The summed E-state index contributed by atoms with van der Waals surface area (Å²) in [7, 11) is 0. The summed E-state index contributed by atoms with van der Waals surface area (Å²) in [5.41, 5.74) is 4.24.